The minimum atomic E-state index is -0.727. The Hall–Kier alpha value is -2.73. The number of amides is 2. The fraction of sp³-hybridized carbons (Fsp3) is 0.500. The molecule has 1 aromatic carbocycles. The first kappa shape index (κ1) is 21.1. The normalized spacial score (nSPS) is 31.2. The van der Waals surface area contributed by atoms with Crippen molar-refractivity contribution in [3.8, 4) is 0 Å². The number of aliphatic hydroxyl groups excluding tert-OH is 1. The third-order valence-electron chi connectivity index (χ3n) is 7.68. The van der Waals surface area contributed by atoms with Crippen molar-refractivity contribution in [2.75, 3.05) is 6.54 Å². The van der Waals surface area contributed by atoms with E-state index in [1.54, 1.807) is 6.07 Å². The molecule has 6 heteroatoms. The number of pyridine rings is 1. The Morgan fingerprint density at radius 1 is 1.06 bits per heavy atom. The summed E-state index contributed by atoms with van der Waals surface area (Å²) in [6.07, 6.45) is 4.69. The topological polar surface area (TPSA) is 91.3 Å². The Morgan fingerprint density at radius 3 is 2.47 bits per heavy atom. The largest absolute Gasteiger partial charge is 0.387 e. The second-order valence-corrected chi connectivity index (χ2v) is 10.3. The lowest BCUT2D eigenvalue weighted by Gasteiger charge is -2.61. The van der Waals surface area contributed by atoms with Gasteiger partial charge in [-0.05, 0) is 75.0 Å². The van der Waals surface area contributed by atoms with E-state index in [1.165, 1.54) is 0 Å². The molecule has 3 atom stereocenters. The minimum Gasteiger partial charge on any atom is -0.387 e. The average molecular weight is 434 g/mol. The van der Waals surface area contributed by atoms with Crippen molar-refractivity contribution in [3.63, 3.8) is 0 Å². The van der Waals surface area contributed by atoms with Gasteiger partial charge in [0.2, 0.25) is 5.91 Å². The van der Waals surface area contributed by atoms with Gasteiger partial charge >= 0.3 is 0 Å². The van der Waals surface area contributed by atoms with Crippen LogP contribution in [0.5, 0.6) is 0 Å². The third-order valence-corrected chi connectivity index (χ3v) is 7.68. The van der Waals surface area contributed by atoms with E-state index in [2.05, 4.69) is 15.6 Å². The van der Waals surface area contributed by atoms with Crippen LogP contribution in [0, 0.1) is 24.2 Å². The number of aliphatic hydroxyl groups is 1. The summed E-state index contributed by atoms with van der Waals surface area (Å²) in [5.41, 5.74) is 1.24. The summed E-state index contributed by atoms with van der Waals surface area (Å²) in [7, 11) is 0. The van der Waals surface area contributed by atoms with Gasteiger partial charge in [0.25, 0.3) is 5.91 Å². The lowest BCUT2D eigenvalue weighted by molar-refractivity contribution is -0.150. The van der Waals surface area contributed by atoms with Crippen LogP contribution in [0.1, 0.15) is 66.4 Å². The number of aryl methyl sites for hydroxylation is 1. The summed E-state index contributed by atoms with van der Waals surface area (Å²) >= 11 is 0. The molecule has 6 nitrogen and oxygen atoms in total. The molecule has 0 spiro atoms. The molecule has 2 amide bonds. The maximum atomic E-state index is 13.4. The molecule has 4 aliphatic rings. The van der Waals surface area contributed by atoms with E-state index in [0.29, 0.717) is 24.0 Å². The van der Waals surface area contributed by atoms with Crippen molar-refractivity contribution in [3.05, 3.63) is 65.5 Å². The molecule has 0 saturated heterocycles. The molecule has 32 heavy (non-hydrogen) atoms. The highest BCUT2D eigenvalue weighted by molar-refractivity contribution is 5.93. The number of hydrogen-bond donors (Lipinski definition) is 3. The highest BCUT2D eigenvalue weighted by atomic mass is 16.3. The number of hydrogen-bond acceptors (Lipinski definition) is 4. The van der Waals surface area contributed by atoms with Crippen molar-refractivity contribution in [1.29, 1.82) is 0 Å². The zero-order chi connectivity index (χ0) is 22.3. The van der Waals surface area contributed by atoms with Gasteiger partial charge in [0.1, 0.15) is 5.69 Å². The Morgan fingerprint density at radius 2 is 1.78 bits per heavy atom. The maximum Gasteiger partial charge on any atom is 0.270 e. The number of carbonyl (C=O) groups is 2. The summed E-state index contributed by atoms with van der Waals surface area (Å²) < 4.78 is 0. The Labute approximate surface area is 188 Å². The summed E-state index contributed by atoms with van der Waals surface area (Å²) in [6.45, 7) is 2.08. The van der Waals surface area contributed by atoms with Gasteiger partial charge < -0.3 is 15.7 Å². The van der Waals surface area contributed by atoms with E-state index in [9.17, 15) is 14.7 Å². The summed E-state index contributed by atoms with van der Waals surface area (Å²) in [4.78, 5) is 30.8. The van der Waals surface area contributed by atoms with Crippen molar-refractivity contribution >= 4 is 11.8 Å². The first-order valence-corrected chi connectivity index (χ1v) is 11.6. The molecule has 3 unspecified atom stereocenters. The summed E-state index contributed by atoms with van der Waals surface area (Å²) in [6, 6.07) is 14.9. The smallest absolute Gasteiger partial charge is 0.270 e. The van der Waals surface area contributed by atoms with Crippen LogP contribution in [-0.2, 0) is 4.79 Å². The molecule has 1 aromatic heterocycles. The third kappa shape index (κ3) is 3.92. The molecule has 1 heterocycles. The van der Waals surface area contributed by atoms with Crippen LogP contribution in [0.2, 0.25) is 0 Å². The molecule has 4 aliphatic carbocycles. The number of nitrogens with one attached hydrogen (secondary N) is 2. The van der Waals surface area contributed by atoms with Crippen LogP contribution in [0.3, 0.4) is 0 Å². The molecular weight excluding hydrogens is 402 g/mol. The van der Waals surface area contributed by atoms with Gasteiger partial charge in [0.05, 0.1) is 11.5 Å². The Bertz CT molecular complexity index is 1010. The van der Waals surface area contributed by atoms with Crippen LogP contribution in [-0.4, -0.2) is 34.0 Å². The molecule has 0 radical (unpaired) electrons. The molecular formula is C26H31N3O3. The van der Waals surface area contributed by atoms with Gasteiger partial charge in [-0.2, -0.15) is 0 Å². The lowest BCUT2D eigenvalue weighted by atomic mass is 9.46. The van der Waals surface area contributed by atoms with Crippen molar-refractivity contribution in [2.24, 2.45) is 17.3 Å². The van der Waals surface area contributed by atoms with E-state index in [0.717, 1.165) is 43.4 Å². The number of nitrogens with zero attached hydrogens (tertiary/aromatic N) is 1. The van der Waals surface area contributed by atoms with E-state index >= 15 is 0 Å². The first-order valence-electron chi connectivity index (χ1n) is 11.6. The maximum absolute atomic E-state index is 13.4. The summed E-state index contributed by atoms with van der Waals surface area (Å²) in [5, 5.41) is 16.8. The molecule has 4 saturated carbocycles. The first-order chi connectivity index (χ1) is 15.4. The fourth-order valence-corrected chi connectivity index (χ4v) is 6.82. The molecule has 168 valence electrons. The number of carbonyl (C=O) groups excluding carboxylic acids is 2. The highest BCUT2D eigenvalue weighted by Gasteiger charge is 2.61. The van der Waals surface area contributed by atoms with E-state index in [1.807, 2.05) is 49.4 Å². The van der Waals surface area contributed by atoms with Crippen LogP contribution >= 0.6 is 0 Å². The predicted octanol–water partition coefficient (Wildman–Crippen LogP) is 3.31. The average Bonchev–Trinajstić information content (AvgIpc) is 2.76. The minimum absolute atomic E-state index is 0.0221. The van der Waals surface area contributed by atoms with Gasteiger partial charge in [-0.1, -0.05) is 36.4 Å². The van der Waals surface area contributed by atoms with Crippen LogP contribution < -0.4 is 10.6 Å². The van der Waals surface area contributed by atoms with Gasteiger partial charge in [0.15, 0.2) is 0 Å². The van der Waals surface area contributed by atoms with Crippen molar-refractivity contribution in [2.45, 2.75) is 57.1 Å². The van der Waals surface area contributed by atoms with Crippen LogP contribution in [0.4, 0.5) is 0 Å². The number of rotatable bonds is 6. The van der Waals surface area contributed by atoms with Gasteiger partial charge in [-0.3, -0.25) is 9.59 Å². The lowest BCUT2D eigenvalue weighted by Crippen LogP contribution is -2.66. The Balaban J connectivity index is 1.30. The van der Waals surface area contributed by atoms with E-state index < -0.39 is 11.5 Å². The Kier molecular flexibility index (Phi) is 5.28. The zero-order valence-corrected chi connectivity index (χ0v) is 18.5. The van der Waals surface area contributed by atoms with Gasteiger partial charge in [0, 0.05) is 17.8 Å². The molecule has 4 fully saturated rings. The van der Waals surface area contributed by atoms with Crippen LogP contribution in [0.15, 0.2) is 48.5 Å². The standard InChI is InChI=1S/C26H31N3O3/c1-17-6-5-9-21(28-17)23(31)29-26-13-18-10-19(14-26)12-25(11-18,16-26)24(32)27-15-22(30)20-7-3-2-4-8-20/h2-9,18-19,22,30H,10-16H2,1H3,(H,27,32)(H,29,31). The monoisotopic (exact) mass is 433 g/mol. The van der Waals surface area contributed by atoms with Gasteiger partial charge in [-0.25, -0.2) is 4.98 Å². The number of aromatic nitrogens is 1. The van der Waals surface area contributed by atoms with Crippen LogP contribution in [0.25, 0.3) is 0 Å². The molecule has 3 N–H and O–H groups in total. The molecule has 4 bridgehead atoms. The second kappa shape index (κ2) is 8.00. The van der Waals surface area contributed by atoms with E-state index in [-0.39, 0.29) is 23.9 Å². The zero-order valence-electron chi connectivity index (χ0n) is 18.5. The second-order valence-electron chi connectivity index (χ2n) is 10.3. The van der Waals surface area contributed by atoms with E-state index in [4.69, 9.17) is 0 Å². The predicted molar refractivity (Wildman–Crippen MR) is 121 cm³/mol. The number of benzene rings is 1. The summed E-state index contributed by atoms with van der Waals surface area (Å²) in [5.74, 6) is 0.776. The fourth-order valence-electron chi connectivity index (χ4n) is 6.82. The molecule has 2 aromatic rings. The van der Waals surface area contributed by atoms with Crippen molar-refractivity contribution in [1.82, 2.24) is 15.6 Å². The highest BCUT2D eigenvalue weighted by Crippen LogP contribution is 2.61. The molecule has 0 aliphatic heterocycles. The quantitative estimate of drug-likeness (QED) is 0.652. The molecule has 6 rings (SSSR count). The SMILES string of the molecule is Cc1cccc(C(=O)NC23CC4CC(C2)CC(C(=O)NCC(O)c2ccccc2)(C4)C3)n1. The van der Waals surface area contributed by atoms with Crippen molar-refractivity contribution < 1.29 is 14.7 Å². The van der Waals surface area contributed by atoms with Gasteiger partial charge in [-0.15, -0.1) is 0 Å².